The van der Waals surface area contributed by atoms with Gasteiger partial charge in [-0.2, -0.15) is 0 Å². The summed E-state index contributed by atoms with van der Waals surface area (Å²) in [4.78, 5) is 31.2. The van der Waals surface area contributed by atoms with Crippen LogP contribution in [-0.4, -0.2) is 45.3 Å². The van der Waals surface area contributed by atoms with Gasteiger partial charge >= 0.3 is 12.1 Å². The number of rotatable bonds is 11. The Labute approximate surface area is 244 Å². The van der Waals surface area contributed by atoms with Crippen molar-refractivity contribution in [3.63, 3.8) is 0 Å². The van der Waals surface area contributed by atoms with E-state index in [1.54, 1.807) is 45.0 Å². The second kappa shape index (κ2) is 13.3. The number of aromatic nitrogens is 1. The predicted octanol–water partition coefficient (Wildman–Crippen LogP) is 6.84. The van der Waals surface area contributed by atoms with Crippen LogP contribution in [0.4, 0.5) is 9.18 Å². The highest BCUT2D eigenvalue weighted by Crippen LogP contribution is 2.23. The Morgan fingerprint density at radius 1 is 0.976 bits per heavy atom. The number of halogens is 1. The second-order valence-electron chi connectivity index (χ2n) is 10.9. The van der Waals surface area contributed by atoms with Gasteiger partial charge in [-0.05, 0) is 75.2 Å². The zero-order chi connectivity index (χ0) is 30.3. The number of benzene rings is 3. The summed E-state index contributed by atoms with van der Waals surface area (Å²) in [6.07, 6.45) is -0.173. The predicted molar refractivity (Wildman–Crippen MR) is 156 cm³/mol. The zero-order valence-corrected chi connectivity index (χ0v) is 24.2. The molecule has 9 heteroatoms. The standard InChI is InChI=1S/C33H35FN2O6/c1-22-28(35-30(41-22)25-8-6-5-7-9-25)18-19-40-27-16-12-23(13-17-27)20-29(31(37)38)36(32(39)42-33(2,3)4)21-24-10-14-26(34)15-11-24/h5-17,29H,18-21H2,1-4H3,(H,37,38)/t29-/m0/s1. The number of hydrogen-bond acceptors (Lipinski definition) is 6. The van der Waals surface area contributed by atoms with E-state index in [-0.39, 0.29) is 13.0 Å². The van der Waals surface area contributed by atoms with Gasteiger partial charge in [0.15, 0.2) is 0 Å². The molecule has 0 fully saturated rings. The fourth-order valence-electron chi connectivity index (χ4n) is 4.31. The number of nitrogens with zero attached hydrogens (tertiary/aromatic N) is 2. The molecule has 8 nitrogen and oxygen atoms in total. The molecule has 1 heterocycles. The Morgan fingerprint density at radius 2 is 1.62 bits per heavy atom. The fraction of sp³-hybridized carbons (Fsp3) is 0.303. The first-order valence-electron chi connectivity index (χ1n) is 13.7. The first-order valence-corrected chi connectivity index (χ1v) is 13.7. The van der Waals surface area contributed by atoms with Gasteiger partial charge in [0, 0.05) is 24.9 Å². The number of aryl methyl sites for hydroxylation is 1. The Kier molecular flexibility index (Phi) is 9.62. The topological polar surface area (TPSA) is 102 Å². The highest BCUT2D eigenvalue weighted by atomic mass is 19.1. The lowest BCUT2D eigenvalue weighted by Gasteiger charge is -2.31. The number of carbonyl (C=O) groups is 2. The molecule has 0 aliphatic heterocycles. The number of carboxylic acids is 1. The summed E-state index contributed by atoms with van der Waals surface area (Å²) in [5, 5.41) is 10.1. The molecule has 220 valence electrons. The third kappa shape index (κ3) is 8.42. The molecule has 0 unspecified atom stereocenters. The minimum Gasteiger partial charge on any atom is -0.493 e. The van der Waals surface area contributed by atoms with Crippen LogP contribution in [0, 0.1) is 12.7 Å². The molecule has 4 aromatic rings. The molecule has 1 atom stereocenters. The number of aliphatic carboxylic acids is 1. The minimum absolute atomic E-state index is 0.0381. The molecule has 42 heavy (non-hydrogen) atoms. The summed E-state index contributed by atoms with van der Waals surface area (Å²) in [6.45, 7) is 7.33. The third-order valence-electron chi connectivity index (χ3n) is 6.43. The zero-order valence-electron chi connectivity index (χ0n) is 24.2. The average molecular weight is 575 g/mol. The van der Waals surface area contributed by atoms with Crippen molar-refractivity contribution < 1.29 is 33.0 Å². The Morgan fingerprint density at radius 3 is 2.24 bits per heavy atom. The van der Waals surface area contributed by atoms with E-state index < -0.39 is 29.5 Å². The third-order valence-corrected chi connectivity index (χ3v) is 6.43. The molecule has 4 rings (SSSR count). The van der Waals surface area contributed by atoms with E-state index in [0.29, 0.717) is 35.8 Å². The Balaban J connectivity index is 1.41. The van der Waals surface area contributed by atoms with E-state index in [0.717, 1.165) is 21.9 Å². The summed E-state index contributed by atoms with van der Waals surface area (Å²) < 4.78 is 30.7. The Bertz CT molecular complexity index is 1480. The van der Waals surface area contributed by atoms with Crippen molar-refractivity contribution in [1.29, 1.82) is 0 Å². The molecule has 0 saturated carbocycles. The first kappa shape index (κ1) is 30.3. The number of ether oxygens (including phenoxy) is 2. The Hall–Kier alpha value is -4.66. The van der Waals surface area contributed by atoms with E-state index in [1.165, 1.54) is 24.3 Å². The average Bonchev–Trinajstić information content (AvgIpc) is 3.32. The van der Waals surface area contributed by atoms with Crippen molar-refractivity contribution in [2.75, 3.05) is 6.61 Å². The number of amides is 1. The SMILES string of the molecule is Cc1oc(-c2ccccc2)nc1CCOc1ccc(C[C@@H](C(=O)O)N(Cc2ccc(F)cc2)C(=O)OC(C)(C)C)cc1. The van der Waals surface area contributed by atoms with E-state index in [4.69, 9.17) is 13.9 Å². The van der Waals surface area contributed by atoms with Crippen LogP contribution >= 0.6 is 0 Å². The van der Waals surface area contributed by atoms with Crippen molar-refractivity contribution in [3.8, 4) is 17.2 Å². The van der Waals surface area contributed by atoms with Gasteiger partial charge in [-0.25, -0.2) is 19.0 Å². The van der Waals surface area contributed by atoms with Gasteiger partial charge in [0.1, 0.15) is 29.0 Å². The van der Waals surface area contributed by atoms with Gasteiger partial charge in [-0.1, -0.05) is 42.5 Å². The quantitative estimate of drug-likeness (QED) is 0.209. The second-order valence-corrected chi connectivity index (χ2v) is 10.9. The highest BCUT2D eigenvalue weighted by Gasteiger charge is 2.33. The van der Waals surface area contributed by atoms with Crippen molar-refractivity contribution >= 4 is 12.1 Å². The molecular formula is C33H35FN2O6. The van der Waals surface area contributed by atoms with Gasteiger partial charge in [0.05, 0.1) is 12.3 Å². The maximum atomic E-state index is 13.4. The van der Waals surface area contributed by atoms with Crippen LogP contribution in [0.1, 0.15) is 43.4 Å². The van der Waals surface area contributed by atoms with Crippen molar-refractivity contribution in [2.24, 2.45) is 0 Å². The van der Waals surface area contributed by atoms with E-state index >= 15 is 0 Å². The molecule has 0 bridgehead atoms. The van der Waals surface area contributed by atoms with Crippen molar-refractivity contribution in [3.05, 3.63) is 107 Å². The lowest BCUT2D eigenvalue weighted by molar-refractivity contribution is -0.143. The first-order chi connectivity index (χ1) is 20.0. The highest BCUT2D eigenvalue weighted by molar-refractivity contribution is 5.80. The minimum atomic E-state index is -1.22. The van der Waals surface area contributed by atoms with Gasteiger partial charge < -0.3 is 19.0 Å². The van der Waals surface area contributed by atoms with Gasteiger partial charge in [-0.3, -0.25) is 4.90 Å². The summed E-state index contributed by atoms with van der Waals surface area (Å²) in [5.41, 5.74) is 2.18. The number of hydrogen-bond donors (Lipinski definition) is 1. The molecule has 0 saturated heterocycles. The molecule has 0 aliphatic rings. The lowest BCUT2D eigenvalue weighted by Crippen LogP contribution is -2.47. The smallest absolute Gasteiger partial charge is 0.411 e. The normalized spacial score (nSPS) is 12.0. The van der Waals surface area contributed by atoms with Crippen molar-refractivity contribution in [2.45, 2.75) is 58.7 Å². The van der Waals surface area contributed by atoms with E-state index in [1.807, 2.05) is 37.3 Å². The molecular weight excluding hydrogens is 539 g/mol. The van der Waals surface area contributed by atoms with E-state index in [9.17, 15) is 19.1 Å². The van der Waals surface area contributed by atoms with Crippen LogP contribution in [0.2, 0.25) is 0 Å². The van der Waals surface area contributed by atoms with Crippen LogP contribution < -0.4 is 4.74 Å². The van der Waals surface area contributed by atoms with Crippen LogP contribution in [0.15, 0.2) is 83.3 Å². The van der Waals surface area contributed by atoms with Crippen molar-refractivity contribution in [1.82, 2.24) is 9.88 Å². The van der Waals surface area contributed by atoms with Crippen LogP contribution in [-0.2, 0) is 28.9 Å². The number of carboxylic acid groups (broad SMARTS) is 1. The summed E-state index contributed by atoms with van der Waals surface area (Å²) in [7, 11) is 0. The molecule has 1 N–H and O–H groups in total. The van der Waals surface area contributed by atoms with Gasteiger partial charge in [-0.15, -0.1) is 0 Å². The number of oxazole rings is 1. The van der Waals surface area contributed by atoms with Gasteiger partial charge in [0.2, 0.25) is 5.89 Å². The van der Waals surface area contributed by atoms with Gasteiger partial charge in [0.25, 0.3) is 0 Å². The van der Waals surface area contributed by atoms with Crippen LogP contribution in [0.25, 0.3) is 11.5 Å². The molecule has 1 amide bonds. The van der Waals surface area contributed by atoms with E-state index in [2.05, 4.69) is 4.98 Å². The summed E-state index contributed by atoms with van der Waals surface area (Å²) in [6, 6.07) is 21.1. The molecule has 3 aromatic carbocycles. The monoisotopic (exact) mass is 574 g/mol. The van der Waals surface area contributed by atoms with Crippen LogP contribution in [0.3, 0.4) is 0 Å². The number of carbonyl (C=O) groups excluding carboxylic acids is 1. The molecule has 1 aromatic heterocycles. The summed E-state index contributed by atoms with van der Waals surface area (Å²) in [5.74, 6) is 0.322. The maximum Gasteiger partial charge on any atom is 0.411 e. The fourth-order valence-corrected chi connectivity index (χ4v) is 4.31. The molecule has 0 radical (unpaired) electrons. The lowest BCUT2D eigenvalue weighted by atomic mass is 10.0. The molecule has 0 spiro atoms. The molecule has 0 aliphatic carbocycles. The van der Waals surface area contributed by atoms with Crippen LogP contribution in [0.5, 0.6) is 5.75 Å². The maximum absolute atomic E-state index is 13.4. The summed E-state index contributed by atoms with van der Waals surface area (Å²) >= 11 is 0. The largest absolute Gasteiger partial charge is 0.493 e.